The van der Waals surface area contributed by atoms with Crippen molar-refractivity contribution in [2.24, 2.45) is 0 Å². The molecular formula is C21H27N7O. The maximum atomic E-state index is 13.0. The summed E-state index contributed by atoms with van der Waals surface area (Å²) in [5, 5.41) is 16.1. The summed E-state index contributed by atoms with van der Waals surface area (Å²) in [7, 11) is 0. The van der Waals surface area contributed by atoms with E-state index in [1.807, 2.05) is 43.7 Å². The topological polar surface area (TPSA) is 80.9 Å². The fraction of sp³-hybridized carbons (Fsp3) is 0.429. The van der Waals surface area contributed by atoms with Gasteiger partial charge in [0.1, 0.15) is 5.82 Å². The Kier molecular flexibility index (Phi) is 4.86. The fourth-order valence-corrected chi connectivity index (χ4v) is 3.85. The first kappa shape index (κ1) is 19.2. The molecule has 1 N–H and O–H groups in total. The van der Waals surface area contributed by atoms with Crippen LogP contribution in [0, 0.1) is 13.8 Å². The Labute approximate surface area is 170 Å². The highest BCUT2D eigenvalue weighted by atomic mass is 16.2. The van der Waals surface area contributed by atoms with E-state index in [2.05, 4.69) is 45.1 Å². The molecule has 1 aromatic carbocycles. The zero-order chi connectivity index (χ0) is 20.7. The van der Waals surface area contributed by atoms with Gasteiger partial charge in [-0.15, -0.1) is 10.2 Å². The van der Waals surface area contributed by atoms with Gasteiger partial charge >= 0.3 is 6.03 Å². The number of aryl methyl sites for hydroxylation is 1. The molecule has 0 saturated heterocycles. The highest BCUT2D eigenvalue weighted by molar-refractivity contribution is 5.90. The second-order valence-electron chi connectivity index (χ2n) is 7.92. The molecule has 1 atom stereocenters. The highest BCUT2D eigenvalue weighted by Crippen LogP contribution is 2.28. The summed E-state index contributed by atoms with van der Waals surface area (Å²) >= 11 is 0. The molecule has 4 rings (SSSR count). The van der Waals surface area contributed by atoms with E-state index in [0.717, 1.165) is 28.6 Å². The number of urea groups is 1. The molecule has 0 spiro atoms. The minimum atomic E-state index is -0.148. The number of nitrogens with one attached hydrogen (secondary N) is 1. The van der Waals surface area contributed by atoms with Crippen molar-refractivity contribution in [3.8, 4) is 5.69 Å². The van der Waals surface area contributed by atoms with Gasteiger partial charge in [-0.2, -0.15) is 5.10 Å². The lowest BCUT2D eigenvalue weighted by Crippen LogP contribution is -2.43. The molecule has 3 heterocycles. The quantitative estimate of drug-likeness (QED) is 0.734. The van der Waals surface area contributed by atoms with Crippen molar-refractivity contribution < 1.29 is 4.79 Å². The number of hydrogen-bond acceptors (Lipinski definition) is 4. The summed E-state index contributed by atoms with van der Waals surface area (Å²) in [5.74, 6) is 2.11. The molecule has 0 fully saturated rings. The molecule has 0 aliphatic carbocycles. The van der Waals surface area contributed by atoms with E-state index in [0.29, 0.717) is 24.7 Å². The third-order valence-corrected chi connectivity index (χ3v) is 5.49. The molecule has 0 saturated carbocycles. The molecule has 3 aromatic rings. The molecule has 1 aliphatic rings. The monoisotopic (exact) mass is 393 g/mol. The van der Waals surface area contributed by atoms with Crippen LogP contribution in [0.5, 0.6) is 0 Å². The van der Waals surface area contributed by atoms with Gasteiger partial charge in [-0.3, -0.25) is 0 Å². The first-order chi connectivity index (χ1) is 13.9. The number of amides is 2. The summed E-state index contributed by atoms with van der Waals surface area (Å²) in [6, 6.07) is 7.83. The summed E-state index contributed by atoms with van der Waals surface area (Å²) in [6.45, 7) is 11.5. The number of fused-ring (bicyclic) bond motifs is 1. The summed E-state index contributed by atoms with van der Waals surface area (Å²) < 4.78 is 3.98. The molecule has 29 heavy (non-hydrogen) atoms. The smallest absolute Gasteiger partial charge is 0.313 e. The van der Waals surface area contributed by atoms with Crippen LogP contribution in [0.15, 0.2) is 30.5 Å². The third kappa shape index (κ3) is 3.39. The third-order valence-electron chi connectivity index (χ3n) is 5.49. The van der Waals surface area contributed by atoms with Gasteiger partial charge in [0.15, 0.2) is 5.82 Å². The second kappa shape index (κ2) is 7.35. The van der Waals surface area contributed by atoms with Crippen molar-refractivity contribution in [3.63, 3.8) is 0 Å². The second-order valence-corrected chi connectivity index (χ2v) is 7.92. The highest BCUT2D eigenvalue weighted by Gasteiger charge is 2.32. The Morgan fingerprint density at radius 3 is 2.72 bits per heavy atom. The molecular weight excluding hydrogens is 366 g/mol. The van der Waals surface area contributed by atoms with E-state index in [1.165, 1.54) is 0 Å². The lowest BCUT2D eigenvalue weighted by Gasteiger charge is -2.33. The van der Waals surface area contributed by atoms with E-state index in [1.54, 1.807) is 11.1 Å². The summed E-state index contributed by atoms with van der Waals surface area (Å²) in [6.07, 6.45) is 1.70. The summed E-state index contributed by atoms with van der Waals surface area (Å²) in [4.78, 5) is 14.8. The Bertz CT molecular complexity index is 1050. The normalized spacial score (nSPS) is 16.2. The van der Waals surface area contributed by atoms with Crippen LogP contribution < -0.4 is 5.32 Å². The number of anilines is 1. The molecule has 0 bridgehead atoms. The van der Waals surface area contributed by atoms with E-state index in [4.69, 9.17) is 0 Å². The lowest BCUT2D eigenvalue weighted by molar-refractivity contribution is 0.172. The molecule has 1 unspecified atom stereocenters. The van der Waals surface area contributed by atoms with Crippen LogP contribution in [-0.4, -0.2) is 42.0 Å². The molecule has 152 valence electrons. The Balaban J connectivity index is 1.53. The molecule has 2 amide bonds. The zero-order valence-corrected chi connectivity index (χ0v) is 17.5. The van der Waals surface area contributed by atoms with E-state index in [-0.39, 0.29) is 12.1 Å². The van der Waals surface area contributed by atoms with E-state index < -0.39 is 0 Å². The van der Waals surface area contributed by atoms with Gasteiger partial charge in [0.2, 0.25) is 0 Å². The molecule has 8 nitrogen and oxygen atoms in total. The number of hydrogen-bond donors (Lipinski definition) is 1. The van der Waals surface area contributed by atoms with Crippen LogP contribution in [-0.2, 0) is 6.54 Å². The van der Waals surface area contributed by atoms with Gasteiger partial charge in [-0.1, -0.05) is 26.0 Å². The minimum absolute atomic E-state index is 0.143. The van der Waals surface area contributed by atoms with Crippen LogP contribution in [0.3, 0.4) is 0 Å². The van der Waals surface area contributed by atoms with Crippen LogP contribution in [0.25, 0.3) is 5.69 Å². The SMILES string of the molecule is Cc1cccc(-n2ncc(NC(=O)N3CCn4c(C(C)C)nnc4C3C)c2C)c1. The number of carbonyl (C=O) groups excluding carboxylic acids is 1. The van der Waals surface area contributed by atoms with Crippen molar-refractivity contribution in [1.82, 2.24) is 29.4 Å². The zero-order valence-electron chi connectivity index (χ0n) is 17.5. The molecule has 1 aliphatic heterocycles. The van der Waals surface area contributed by atoms with Gasteiger partial charge in [0, 0.05) is 19.0 Å². The van der Waals surface area contributed by atoms with Crippen LogP contribution in [0.4, 0.5) is 10.5 Å². The Morgan fingerprint density at radius 1 is 1.21 bits per heavy atom. The van der Waals surface area contributed by atoms with Crippen molar-refractivity contribution >= 4 is 11.7 Å². The van der Waals surface area contributed by atoms with Crippen molar-refractivity contribution in [1.29, 1.82) is 0 Å². The van der Waals surface area contributed by atoms with Crippen molar-refractivity contribution in [2.75, 3.05) is 11.9 Å². The Hall–Kier alpha value is -3.16. The van der Waals surface area contributed by atoms with E-state index in [9.17, 15) is 4.79 Å². The van der Waals surface area contributed by atoms with Crippen LogP contribution in [0.1, 0.15) is 55.6 Å². The standard InChI is InChI=1S/C21H27N7O/c1-13(2)19-24-25-20-16(5)26(9-10-27(19)20)21(29)23-18-12-22-28(15(18)4)17-8-6-7-14(3)11-17/h6-8,11-13,16H,9-10H2,1-5H3,(H,23,29). The fourth-order valence-electron chi connectivity index (χ4n) is 3.85. The average Bonchev–Trinajstić information content (AvgIpc) is 3.27. The minimum Gasteiger partial charge on any atom is -0.313 e. The maximum Gasteiger partial charge on any atom is 0.322 e. The number of nitrogens with zero attached hydrogens (tertiary/aromatic N) is 6. The predicted molar refractivity (Wildman–Crippen MR) is 111 cm³/mol. The number of carbonyl (C=O) groups is 1. The van der Waals surface area contributed by atoms with Gasteiger partial charge in [-0.25, -0.2) is 9.48 Å². The maximum absolute atomic E-state index is 13.0. The van der Waals surface area contributed by atoms with Crippen LogP contribution >= 0.6 is 0 Å². The average molecular weight is 393 g/mol. The van der Waals surface area contributed by atoms with Gasteiger partial charge in [-0.05, 0) is 38.5 Å². The summed E-state index contributed by atoms with van der Waals surface area (Å²) in [5.41, 5.74) is 3.73. The largest absolute Gasteiger partial charge is 0.322 e. The van der Waals surface area contributed by atoms with Crippen molar-refractivity contribution in [3.05, 3.63) is 53.4 Å². The number of aromatic nitrogens is 5. The Morgan fingerprint density at radius 2 is 2.00 bits per heavy atom. The van der Waals surface area contributed by atoms with E-state index >= 15 is 0 Å². The molecule has 0 radical (unpaired) electrons. The predicted octanol–water partition coefficient (Wildman–Crippen LogP) is 3.81. The number of benzene rings is 1. The van der Waals surface area contributed by atoms with Gasteiger partial charge in [0.05, 0.1) is 29.3 Å². The first-order valence-electron chi connectivity index (χ1n) is 9.99. The van der Waals surface area contributed by atoms with Crippen LogP contribution in [0.2, 0.25) is 0 Å². The number of rotatable bonds is 3. The van der Waals surface area contributed by atoms with Gasteiger partial charge < -0.3 is 14.8 Å². The van der Waals surface area contributed by atoms with Crippen molar-refractivity contribution in [2.45, 2.75) is 53.1 Å². The first-order valence-corrected chi connectivity index (χ1v) is 9.99. The molecule has 2 aromatic heterocycles. The lowest BCUT2D eigenvalue weighted by atomic mass is 10.1. The van der Waals surface area contributed by atoms with Gasteiger partial charge in [0.25, 0.3) is 0 Å². The molecule has 8 heteroatoms.